The number of aryl methyl sites for hydroxylation is 1. The van der Waals surface area contributed by atoms with E-state index in [4.69, 9.17) is 4.74 Å². The molecule has 8 rings (SSSR count). The maximum atomic E-state index is 15.2. The van der Waals surface area contributed by atoms with Gasteiger partial charge in [0.2, 0.25) is 11.8 Å². The number of anilines is 1. The van der Waals surface area contributed by atoms with Crippen LogP contribution in [-0.4, -0.2) is 45.8 Å². The van der Waals surface area contributed by atoms with Gasteiger partial charge in [-0.25, -0.2) is 0 Å². The second-order valence-electron chi connectivity index (χ2n) is 13.4. The molecule has 3 fully saturated rings. The third-order valence-corrected chi connectivity index (χ3v) is 11.8. The zero-order valence-electron chi connectivity index (χ0n) is 27.0. The SMILES string of the molecule is COc1cc(O)ccc1C1C2=CCC3C(=O)N(Cc4cccs4)C(=O)C3C2CC2C(=O)N(Nc3ccc(C)cc3)C(=O)C21c1ccccc1. The van der Waals surface area contributed by atoms with Crippen LogP contribution >= 0.6 is 11.3 Å². The molecule has 4 aliphatic rings. The molecule has 6 unspecified atom stereocenters. The van der Waals surface area contributed by atoms with Crippen LogP contribution in [-0.2, 0) is 31.1 Å². The molecule has 1 saturated carbocycles. The van der Waals surface area contributed by atoms with Gasteiger partial charge in [0.15, 0.2) is 0 Å². The topological polar surface area (TPSA) is 116 Å². The van der Waals surface area contributed by atoms with E-state index < -0.39 is 46.8 Å². The molecule has 49 heavy (non-hydrogen) atoms. The third-order valence-electron chi connectivity index (χ3n) is 10.9. The Hall–Kier alpha value is -5.22. The number of rotatable bonds is 7. The first-order valence-corrected chi connectivity index (χ1v) is 17.3. The second-order valence-corrected chi connectivity index (χ2v) is 14.4. The van der Waals surface area contributed by atoms with Crippen molar-refractivity contribution in [3.05, 3.63) is 124 Å². The van der Waals surface area contributed by atoms with E-state index in [1.165, 1.54) is 29.4 Å². The van der Waals surface area contributed by atoms with Crippen molar-refractivity contribution in [3.8, 4) is 11.5 Å². The van der Waals surface area contributed by atoms with Crippen LogP contribution in [0.1, 0.15) is 40.3 Å². The maximum Gasteiger partial charge on any atom is 0.260 e. The first-order chi connectivity index (χ1) is 23.7. The molecule has 3 heterocycles. The average molecular weight is 674 g/mol. The van der Waals surface area contributed by atoms with E-state index in [-0.39, 0.29) is 30.5 Å². The van der Waals surface area contributed by atoms with Gasteiger partial charge in [-0.3, -0.25) is 29.5 Å². The molecule has 0 radical (unpaired) electrons. The van der Waals surface area contributed by atoms with Crippen LogP contribution in [0, 0.1) is 30.6 Å². The second kappa shape index (κ2) is 11.7. The molecule has 4 amide bonds. The number of allylic oxidation sites excluding steroid dienone is 2. The van der Waals surface area contributed by atoms with Gasteiger partial charge in [0.05, 0.1) is 42.5 Å². The lowest BCUT2D eigenvalue weighted by molar-refractivity contribution is -0.141. The van der Waals surface area contributed by atoms with Crippen molar-refractivity contribution in [1.29, 1.82) is 0 Å². The molecule has 2 aliphatic heterocycles. The molecular formula is C39H35N3O6S. The highest BCUT2D eigenvalue weighted by Gasteiger charge is 2.70. The Morgan fingerprint density at radius 3 is 2.41 bits per heavy atom. The maximum absolute atomic E-state index is 15.2. The molecule has 3 aromatic carbocycles. The Morgan fingerprint density at radius 1 is 0.918 bits per heavy atom. The molecule has 6 atom stereocenters. The lowest BCUT2D eigenvalue weighted by Gasteiger charge is -2.50. The minimum Gasteiger partial charge on any atom is -0.508 e. The smallest absolute Gasteiger partial charge is 0.260 e. The third kappa shape index (κ3) is 4.64. The van der Waals surface area contributed by atoms with Gasteiger partial charge < -0.3 is 9.84 Å². The number of amides is 4. The number of methoxy groups -OCH3 is 1. The summed E-state index contributed by atoms with van der Waals surface area (Å²) in [4.78, 5) is 60.5. The molecule has 9 nitrogen and oxygen atoms in total. The summed E-state index contributed by atoms with van der Waals surface area (Å²) in [6.45, 7) is 2.17. The van der Waals surface area contributed by atoms with Gasteiger partial charge in [0.1, 0.15) is 11.5 Å². The Kier molecular flexibility index (Phi) is 7.44. The van der Waals surface area contributed by atoms with Crippen LogP contribution in [0.4, 0.5) is 5.69 Å². The van der Waals surface area contributed by atoms with Crippen LogP contribution in [0.3, 0.4) is 0 Å². The molecular weight excluding hydrogens is 639 g/mol. The van der Waals surface area contributed by atoms with Gasteiger partial charge in [-0.2, -0.15) is 5.01 Å². The van der Waals surface area contributed by atoms with E-state index >= 15 is 4.79 Å². The first-order valence-electron chi connectivity index (χ1n) is 16.5. The lowest BCUT2D eigenvalue weighted by atomic mass is 9.49. The molecule has 248 valence electrons. The Labute approximate surface area is 287 Å². The van der Waals surface area contributed by atoms with E-state index in [1.807, 2.05) is 85.1 Å². The number of carbonyl (C=O) groups excluding carboxylic acids is 4. The van der Waals surface area contributed by atoms with E-state index in [0.29, 0.717) is 29.0 Å². The number of aromatic hydroxyl groups is 1. The number of carbonyl (C=O) groups is 4. The van der Waals surface area contributed by atoms with Crippen LogP contribution in [0.15, 0.2) is 102 Å². The van der Waals surface area contributed by atoms with Gasteiger partial charge in [0.25, 0.3) is 11.8 Å². The molecule has 1 aromatic heterocycles. The number of hydrogen-bond acceptors (Lipinski definition) is 8. The average Bonchev–Trinajstić information content (AvgIpc) is 3.78. The van der Waals surface area contributed by atoms with E-state index in [0.717, 1.165) is 21.0 Å². The number of likely N-dealkylation sites (tertiary alicyclic amines) is 1. The van der Waals surface area contributed by atoms with Crippen LogP contribution in [0.2, 0.25) is 0 Å². The highest BCUT2D eigenvalue weighted by molar-refractivity contribution is 7.09. The van der Waals surface area contributed by atoms with Crippen molar-refractivity contribution in [2.75, 3.05) is 12.5 Å². The van der Waals surface area contributed by atoms with Crippen LogP contribution in [0.25, 0.3) is 0 Å². The fourth-order valence-corrected chi connectivity index (χ4v) is 9.50. The van der Waals surface area contributed by atoms with Gasteiger partial charge in [-0.05, 0) is 60.9 Å². The molecule has 4 aromatic rings. The number of ether oxygens (including phenoxy) is 1. The summed E-state index contributed by atoms with van der Waals surface area (Å²) < 4.78 is 5.84. The van der Waals surface area contributed by atoms with E-state index in [1.54, 1.807) is 12.1 Å². The number of hydrazine groups is 1. The fraction of sp³-hybridized carbons (Fsp3) is 0.282. The summed E-state index contributed by atoms with van der Waals surface area (Å²) in [6.07, 6.45) is 2.57. The van der Waals surface area contributed by atoms with Gasteiger partial charge in [-0.15, -0.1) is 11.3 Å². The number of imide groups is 2. The predicted octanol–water partition coefficient (Wildman–Crippen LogP) is 5.96. The minimum absolute atomic E-state index is 0.00627. The number of phenols is 1. The van der Waals surface area contributed by atoms with Crippen molar-refractivity contribution < 1.29 is 29.0 Å². The summed E-state index contributed by atoms with van der Waals surface area (Å²) in [5.74, 6) is -4.22. The van der Waals surface area contributed by atoms with Crippen molar-refractivity contribution in [3.63, 3.8) is 0 Å². The molecule has 2 aliphatic carbocycles. The van der Waals surface area contributed by atoms with Crippen molar-refractivity contribution in [1.82, 2.24) is 9.91 Å². The molecule has 10 heteroatoms. The largest absolute Gasteiger partial charge is 0.508 e. The normalized spacial score (nSPS) is 27.5. The van der Waals surface area contributed by atoms with Gasteiger partial charge in [-0.1, -0.05) is 71.8 Å². The van der Waals surface area contributed by atoms with Crippen LogP contribution in [0.5, 0.6) is 11.5 Å². The monoisotopic (exact) mass is 673 g/mol. The number of benzene rings is 3. The zero-order chi connectivity index (χ0) is 34.0. The lowest BCUT2D eigenvalue weighted by Crippen LogP contribution is -2.53. The van der Waals surface area contributed by atoms with Crippen LogP contribution < -0.4 is 10.2 Å². The van der Waals surface area contributed by atoms with Gasteiger partial charge >= 0.3 is 0 Å². The van der Waals surface area contributed by atoms with E-state index in [9.17, 15) is 19.5 Å². The van der Waals surface area contributed by atoms with Crippen molar-refractivity contribution in [2.45, 2.75) is 37.6 Å². The quantitative estimate of drug-likeness (QED) is 0.184. The van der Waals surface area contributed by atoms with Crippen molar-refractivity contribution in [2.24, 2.45) is 23.7 Å². The zero-order valence-corrected chi connectivity index (χ0v) is 27.9. The minimum atomic E-state index is -1.42. The number of nitrogens with zero attached hydrogens (tertiary/aromatic N) is 2. The van der Waals surface area contributed by atoms with E-state index in [2.05, 4.69) is 5.43 Å². The summed E-state index contributed by atoms with van der Waals surface area (Å²) in [7, 11) is 1.50. The fourth-order valence-electron chi connectivity index (χ4n) is 8.81. The number of hydrogen-bond donors (Lipinski definition) is 2. The Balaban J connectivity index is 1.32. The van der Waals surface area contributed by atoms with Gasteiger partial charge in [0, 0.05) is 22.4 Å². The number of phenolic OH excluding ortho intramolecular Hbond substituents is 1. The predicted molar refractivity (Wildman–Crippen MR) is 183 cm³/mol. The molecule has 0 spiro atoms. The van der Waals surface area contributed by atoms with Crippen molar-refractivity contribution >= 4 is 40.7 Å². The first kappa shape index (κ1) is 31.1. The Morgan fingerprint density at radius 2 is 1.69 bits per heavy atom. The molecule has 2 N–H and O–H groups in total. The summed E-state index contributed by atoms with van der Waals surface area (Å²) in [6, 6.07) is 25.4. The highest BCUT2D eigenvalue weighted by atomic mass is 32.1. The standard InChI is InChI=1S/C39H35N3O6S/c1-22-10-12-24(13-11-22)40-42-36(45)31-20-30-27(16-17-29-33(30)37(46)41(35(29)44)21-26-9-6-18-49-26)34(28-15-14-25(43)19-32(28)48-2)39(31,38(42)47)23-7-4-3-5-8-23/h3-16,18-19,29-31,33-34,40,43H,17,20-21H2,1-2H3. The molecule has 0 bridgehead atoms. The summed E-state index contributed by atoms with van der Waals surface area (Å²) in [5, 5.41) is 13.6. The molecule has 2 saturated heterocycles. The summed E-state index contributed by atoms with van der Waals surface area (Å²) >= 11 is 1.50. The Bertz CT molecular complexity index is 2010. The number of nitrogens with one attached hydrogen (secondary N) is 1. The summed E-state index contributed by atoms with van der Waals surface area (Å²) in [5.41, 5.74) is 5.45. The highest BCUT2D eigenvalue weighted by Crippen LogP contribution is 2.65. The number of fused-ring (bicyclic) bond motifs is 4. The number of thiophene rings is 1.